The Balaban J connectivity index is 2.39. The SMILES string of the molecule is Cc1nc(Sc2cccc(F)c2CO)nc(C)c1C. The number of aliphatic hydroxyl groups is 1. The van der Waals surface area contributed by atoms with Crippen molar-refractivity contribution in [2.45, 2.75) is 37.4 Å². The third-order valence-electron chi connectivity index (χ3n) is 3.05. The first-order valence-electron chi connectivity index (χ1n) is 5.91. The molecule has 1 heterocycles. The number of benzene rings is 1. The second kappa shape index (κ2) is 5.67. The van der Waals surface area contributed by atoms with Crippen LogP contribution in [0.15, 0.2) is 28.3 Å². The first-order valence-corrected chi connectivity index (χ1v) is 6.72. The van der Waals surface area contributed by atoms with Crippen LogP contribution in [0, 0.1) is 26.6 Å². The molecule has 0 saturated carbocycles. The predicted molar refractivity (Wildman–Crippen MR) is 72.7 cm³/mol. The Morgan fingerprint density at radius 3 is 2.37 bits per heavy atom. The number of aromatic nitrogens is 2. The Kier molecular flexibility index (Phi) is 4.17. The van der Waals surface area contributed by atoms with Gasteiger partial charge in [0, 0.05) is 21.8 Å². The lowest BCUT2D eigenvalue weighted by molar-refractivity contribution is 0.272. The van der Waals surface area contributed by atoms with Crippen LogP contribution in [0.2, 0.25) is 0 Å². The van der Waals surface area contributed by atoms with Crippen molar-refractivity contribution in [3.05, 3.63) is 46.5 Å². The fourth-order valence-electron chi connectivity index (χ4n) is 1.67. The molecule has 0 atom stereocenters. The molecule has 1 N–H and O–H groups in total. The summed E-state index contributed by atoms with van der Waals surface area (Å²) in [5.41, 5.74) is 3.17. The summed E-state index contributed by atoms with van der Waals surface area (Å²) in [6.07, 6.45) is 0. The van der Waals surface area contributed by atoms with Gasteiger partial charge < -0.3 is 5.11 Å². The number of halogens is 1. The maximum Gasteiger partial charge on any atom is 0.192 e. The van der Waals surface area contributed by atoms with Gasteiger partial charge in [0.1, 0.15) is 5.82 Å². The maximum atomic E-state index is 13.6. The Morgan fingerprint density at radius 2 is 1.79 bits per heavy atom. The Bertz CT molecular complexity index is 593. The van der Waals surface area contributed by atoms with Crippen molar-refractivity contribution in [1.82, 2.24) is 9.97 Å². The van der Waals surface area contributed by atoms with Gasteiger partial charge in [-0.3, -0.25) is 0 Å². The smallest absolute Gasteiger partial charge is 0.192 e. The Morgan fingerprint density at radius 1 is 1.16 bits per heavy atom. The van der Waals surface area contributed by atoms with E-state index in [0.717, 1.165) is 17.0 Å². The molecule has 0 aliphatic rings. The molecule has 0 fully saturated rings. The van der Waals surface area contributed by atoms with Gasteiger partial charge in [-0.25, -0.2) is 14.4 Å². The van der Waals surface area contributed by atoms with Crippen molar-refractivity contribution < 1.29 is 9.50 Å². The minimum Gasteiger partial charge on any atom is -0.392 e. The molecule has 0 radical (unpaired) electrons. The number of aryl methyl sites for hydroxylation is 2. The van der Waals surface area contributed by atoms with Crippen molar-refractivity contribution in [1.29, 1.82) is 0 Å². The maximum absolute atomic E-state index is 13.6. The summed E-state index contributed by atoms with van der Waals surface area (Å²) in [5, 5.41) is 9.81. The number of aliphatic hydroxyl groups excluding tert-OH is 1. The van der Waals surface area contributed by atoms with E-state index in [9.17, 15) is 9.50 Å². The molecule has 5 heteroatoms. The molecule has 19 heavy (non-hydrogen) atoms. The van der Waals surface area contributed by atoms with Gasteiger partial charge in [-0.1, -0.05) is 6.07 Å². The zero-order chi connectivity index (χ0) is 14.0. The lowest BCUT2D eigenvalue weighted by Crippen LogP contribution is -1.99. The average molecular weight is 278 g/mol. The van der Waals surface area contributed by atoms with Crippen LogP contribution in [0.4, 0.5) is 4.39 Å². The molecule has 1 aromatic carbocycles. The van der Waals surface area contributed by atoms with Gasteiger partial charge in [-0.05, 0) is 50.2 Å². The van der Waals surface area contributed by atoms with E-state index in [1.807, 2.05) is 20.8 Å². The summed E-state index contributed by atoms with van der Waals surface area (Å²) in [4.78, 5) is 9.41. The summed E-state index contributed by atoms with van der Waals surface area (Å²) < 4.78 is 13.6. The highest BCUT2D eigenvalue weighted by molar-refractivity contribution is 7.99. The fraction of sp³-hybridized carbons (Fsp3) is 0.286. The molecule has 3 nitrogen and oxygen atoms in total. The van der Waals surface area contributed by atoms with E-state index in [-0.39, 0.29) is 12.2 Å². The van der Waals surface area contributed by atoms with Gasteiger partial charge in [0.05, 0.1) is 6.61 Å². The van der Waals surface area contributed by atoms with E-state index in [1.165, 1.54) is 17.8 Å². The monoisotopic (exact) mass is 278 g/mol. The van der Waals surface area contributed by atoms with E-state index < -0.39 is 5.82 Å². The number of rotatable bonds is 3. The van der Waals surface area contributed by atoms with Crippen molar-refractivity contribution in [3.8, 4) is 0 Å². The minimum atomic E-state index is -0.409. The van der Waals surface area contributed by atoms with Crippen molar-refractivity contribution in [3.63, 3.8) is 0 Å². The highest BCUT2D eigenvalue weighted by Gasteiger charge is 2.11. The van der Waals surface area contributed by atoms with Crippen LogP contribution in [0.5, 0.6) is 0 Å². The lowest BCUT2D eigenvalue weighted by Gasteiger charge is -2.09. The summed E-state index contributed by atoms with van der Waals surface area (Å²) in [6, 6.07) is 4.71. The zero-order valence-electron chi connectivity index (χ0n) is 11.1. The number of nitrogens with zero attached hydrogens (tertiary/aromatic N) is 2. The molecule has 0 spiro atoms. The summed E-state index contributed by atoms with van der Waals surface area (Å²) in [7, 11) is 0. The zero-order valence-corrected chi connectivity index (χ0v) is 11.9. The lowest BCUT2D eigenvalue weighted by atomic mass is 10.2. The van der Waals surface area contributed by atoms with Gasteiger partial charge in [0.25, 0.3) is 0 Å². The van der Waals surface area contributed by atoms with Crippen molar-refractivity contribution >= 4 is 11.8 Å². The molecular weight excluding hydrogens is 263 g/mol. The topological polar surface area (TPSA) is 46.0 Å². The van der Waals surface area contributed by atoms with Crippen LogP contribution >= 0.6 is 11.8 Å². The van der Waals surface area contributed by atoms with E-state index in [1.54, 1.807) is 12.1 Å². The van der Waals surface area contributed by atoms with Gasteiger partial charge in [-0.15, -0.1) is 0 Å². The summed E-state index contributed by atoms with van der Waals surface area (Å²) in [6.45, 7) is 5.48. The third-order valence-corrected chi connectivity index (χ3v) is 4.01. The largest absolute Gasteiger partial charge is 0.392 e. The van der Waals surface area contributed by atoms with Gasteiger partial charge >= 0.3 is 0 Å². The van der Waals surface area contributed by atoms with Gasteiger partial charge in [0.15, 0.2) is 5.16 Å². The van der Waals surface area contributed by atoms with E-state index in [2.05, 4.69) is 9.97 Å². The highest BCUT2D eigenvalue weighted by atomic mass is 32.2. The van der Waals surface area contributed by atoms with Gasteiger partial charge in [0.2, 0.25) is 0 Å². The fourth-order valence-corrected chi connectivity index (χ4v) is 2.67. The second-order valence-corrected chi connectivity index (χ2v) is 5.29. The molecule has 0 unspecified atom stereocenters. The first-order chi connectivity index (χ1) is 9.02. The van der Waals surface area contributed by atoms with E-state index in [4.69, 9.17) is 0 Å². The van der Waals surface area contributed by atoms with Crippen LogP contribution in [-0.2, 0) is 6.61 Å². The molecule has 0 amide bonds. The van der Waals surface area contributed by atoms with Crippen LogP contribution in [-0.4, -0.2) is 15.1 Å². The van der Waals surface area contributed by atoms with Crippen LogP contribution < -0.4 is 0 Å². The van der Waals surface area contributed by atoms with Crippen molar-refractivity contribution in [2.75, 3.05) is 0 Å². The molecule has 0 aliphatic heterocycles. The van der Waals surface area contributed by atoms with Crippen molar-refractivity contribution in [2.24, 2.45) is 0 Å². The molecule has 1 aromatic heterocycles. The van der Waals surface area contributed by atoms with Crippen LogP contribution in [0.1, 0.15) is 22.5 Å². The minimum absolute atomic E-state index is 0.284. The molecule has 100 valence electrons. The van der Waals surface area contributed by atoms with Crippen LogP contribution in [0.25, 0.3) is 0 Å². The normalized spacial score (nSPS) is 10.8. The number of hydrogen-bond donors (Lipinski definition) is 1. The Hall–Kier alpha value is -1.46. The molecule has 2 rings (SSSR count). The third kappa shape index (κ3) is 2.93. The second-order valence-electron chi connectivity index (χ2n) is 4.28. The highest BCUT2D eigenvalue weighted by Crippen LogP contribution is 2.30. The molecule has 0 saturated heterocycles. The average Bonchev–Trinajstić information content (AvgIpc) is 2.36. The predicted octanol–water partition coefficient (Wildman–Crippen LogP) is 3.18. The Labute approximate surface area is 115 Å². The first kappa shape index (κ1) is 14.0. The van der Waals surface area contributed by atoms with Gasteiger partial charge in [-0.2, -0.15) is 0 Å². The quantitative estimate of drug-likeness (QED) is 0.876. The molecule has 0 bridgehead atoms. The molecular formula is C14H15FN2OS. The van der Waals surface area contributed by atoms with E-state index in [0.29, 0.717) is 10.1 Å². The summed E-state index contributed by atoms with van der Waals surface area (Å²) >= 11 is 1.27. The summed E-state index contributed by atoms with van der Waals surface area (Å²) in [5.74, 6) is -0.409. The standard InChI is InChI=1S/C14H15FN2OS/c1-8-9(2)16-14(17-10(8)3)19-13-6-4-5-12(15)11(13)7-18/h4-6,18H,7H2,1-3H3. The van der Waals surface area contributed by atoms with E-state index >= 15 is 0 Å². The number of hydrogen-bond acceptors (Lipinski definition) is 4. The molecule has 0 aliphatic carbocycles. The molecule has 2 aromatic rings. The van der Waals surface area contributed by atoms with Crippen LogP contribution in [0.3, 0.4) is 0 Å².